The van der Waals surface area contributed by atoms with Crippen LogP contribution in [0.4, 0.5) is 14.5 Å². The van der Waals surface area contributed by atoms with Crippen molar-refractivity contribution in [2.45, 2.75) is 17.7 Å². The fourth-order valence-electron chi connectivity index (χ4n) is 3.71. The molecule has 0 spiro atoms. The number of hydrogen-bond donors (Lipinski definition) is 0. The maximum atomic E-state index is 14.4. The summed E-state index contributed by atoms with van der Waals surface area (Å²) < 4.78 is 58.2. The van der Waals surface area contributed by atoms with Crippen LogP contribution < -0.4 is 9.64 Å². The van der Waals surface area contributed by atoms with Gasteiger partial charge in [-0.3, -0.25) is 4.79 Å². The van der Waals surface area contributed by atoms with E-state index in [1.54, 1.807) is 15.9 Å². The van der Waals surface area contributed by atoms with E-state index >= 15 is 0 Å². The first kappa shape index (κ1) is 23.0. The highest BCUT2D eigenvalue weighted by Gasteiger charge is 2.28. The van der Waals surface area contributed by atoms with Gasteiger partial charge in [0, 0.05) is 38.5 Å². The molecule has 1 saturated carbocycles. The molecule has 0 N–H and O–H groups in total. The summed E-state index contributed by atoms with van der Waals surface area (Å²) in [6.07, 6.45) is 3.21. The van der Waals surface area contributed by atoms with Gasteiger partial charge in [-0.2, -0.15) is 5.26 Å². The normalized spacial score (nSPS) is 16.4. The maximum absolute atomic E-state index is 14.4. The first-order valence-corrected chi connectivity index (χ1v) is 12.5. The number of nitriles is 1. The lowest BCUT2D eigenvalue weighted by Gasteiger charge is -2.36. The van der Waals surface area contributed by atoms with Crippen LogP contribution in [0, 0.1) is 28.9 Å². The summed E-state index contributed by atoms with van der Waals surface area (Å²) in [5, 5.41) is 8.85. The van der Waals surface area contributed by atoms with Gasteiger partial charge in [-0.05, 0) is 43.0 Å². The number of hydrogen-bond acceptors (Lipinski definition) is 6. The molecular formula is C23H23F2N3O4S. The van der Waals surface area contributed by atoms with Crippen molar-refractivity contribution in [2.24, 2.45) is 5.92 Å². The number of rotatable bonds is 6. The summed E-state index contributed by atoms with van der Waals surface area (Å²) in [4.78, 5) is 16.4. The van der Waals surface area contributed by atoms with Gasteiger partial charge in [0.2, 0.25) is 0 Å². The molecule has 1 aliphatic carbocycles. The Morgan fingerprint density at radius 2 is 1.82 bits per heavy atom. The number of piperazine rings is 1. The standard InChI is InChI=1S/C23H23F2N3O4S/c1-33(30,31)17-4-5-22(32-14-15-2-3-15)18(11-17)23(29)28-8-6-27(7-9-28)21-12-19(24)16(13-26)10-20(21)25/h4-5,10-12,15H,2-3,6-9,14H2,1H3. The number of benzene rings is 2. The predicted octanol–water partition coefficient (Wildman–Crippen LogP) is 2.99. The third kappa shape index (κ3) is 5.09. The molecule has 1 aliphatic heterocycles. The van der Waals surface area contributed by atoms with Gasteiger partial charge < -0.3 is 14.5 Å². The van der Waals surface area contributed by atoms with E-state index in [4.69, 9.17) is 10.00 Å². The Balaban J connectivity index is 1.52. The van der Waals surface area contributed by atoms with Gasteiger partial charge in [0.05, 0.1) is 28.3 Å². The quantitative estimate of drug-likeness (QED) is 0.638. The van der Waals surface area contributed by atoms with Crippen LogP contribution in [0.3, 0.4) is 0 Å². The van der Waals surface area contributed by atoms with Crippen molar-refractivity contribution in [3.63, 3.8) is 0 Å². The van der Waals surface area contributed by atoms with E-state index in [0.29, 0.717) is 18.3 Å². The van der Waals surface area contributed by atoms with Crippen LogP contribution >= 0.6 is 0 Å². The van der Waals surface area contributed by atoms with Crippen LogP contribution in [-0.2, 0) is 9.84 Å². The van der Waals surface area contributed by atoms with Gasteiger partial charge in [-0.25, -0.2) is 17.2 Å². The maximum Gasteiger partial charge on any atom is 0.257 e. The molecule has 0 bridgehead atoms. The van der Waals surface area contributed by atoms with Crippen LogP contribution in [0.15, 0.2) is 35.2 Å². The van der Waals surface area contributed by atoms with Crippen molar-refractivity contribution >= 4 is 21.4 Å². The van der Waals surface area contributed by atoms with E-state index in [0.717, 1.165) is 31.2 Å². The van der Waals surface area contributed by atoms with Crippen molar-refractivity contribution < 1.29 is 26.7 Å². The monoisotopic (exact) mass is 475 g/mol. The Morgan fingerprint density at radius 1 is 1.12 bits per heavy atom. The van der Waals surface area contributed by atoms with E-state index in [-0.39, 0.29) is 53.8 Å². The summed E-state index contributed by atoms with van der Waals surface area (Å²) in [5.41, 5.74) is -0.164. The molecule has 0 atom stereocenters. The van der Waals surface area contributed by atoms with E-state index in [2.05, 4.69) is 0 Å². The van der Waals surface area contributed by atoms with Crippen LogP contribution in [0.1, 0.15) is 28.8 Å². The number of halogens is 2. The minimum atomic E-state index is -3.52. The van der Waals surface area contributed by atoms with E-state index in [1.165, 1.54) is 18.2 Å². The van der Waals surface area contributed by atoms with Crippen LogP contribution in [0.2, 0.25) is 0 Å². The number of amides is 1. The van der Waals surface area contributed by atoms with Gasteiger partial charge in [-0.15, -0.1) is 0 Å². The predicted molar refractivity (Wildman–Crippen MR) is 117 cm³/mol. The molecule has 4 rings (SSSR count). The molecule has 10 heteroatoms. The van der Waals surface area contributed by atoms with Crippen LogP contribution in [0.25, 0.3) is 0 Å². The zero-order chi connectivity index (χ0) is 23.8. The fraction of sp³-hybridized carbons (Fsp3) is 0.391. The molecule has 2 aliphatic rings. The lowest BCUT2D eigenvalue weighted by Crippen LogP contribution is -2.49. The number of anilines is 1. The SMILES string of the molecule is CS(=O)(=O)c1ccc(OCC2CC2)c(C(=O)N2CCN(c3cc(F)c(C#N)cc3F)CC2)c1. The van der Waals surface area contributed by atoms with Crippen molar-refractivity contribution in [2.75, 3.05) is 43.9 Å². The van der Waals surface area contributed by atoms with Crippen molar-refractivity contribution in [1.82, 2.24) is 4.90 Å². The summed E-state index contributed by atoms with van der Waals surface area (Å²) >= 11 is 0. The Morgan fingerprint density at radius 3 is 2.42 bits per heavy atom. The van der Waals surface area contributed by atoms with Gasteiger partial charge in [0.1, 0.15) is 23.5 Å². The molecule has 0 radical (unpaired) electrons. The molecule has 2 fully saturated rings. The first-order valence-electron chi connectivity index (χ1n) is 10.6. The first-order chi connectivity index (χ1) is 15.7. The molecule has 0 unspecified atom stereocenters. The molecule has 0 aromatic heterocycles. The molecule has 1 amide bonds. The van der Waals surface area contributed by atoms with Gasteiger partial charge >= 0.3 is 0 Å². The Bertz CT molecular complexity index is 1230. The lowest BCUT2D eigenvalue weighted by atomic mass is 10.1. The fourth-order valence-corrected chi connectivity index (χ4v) is 4.36. The molecule has 7 nitrogen and oxygen atoms in total. The van der Waals surface area contributed by atoms with Crippen molar-refractivity contribution in [3.05, 3.63) is 53.1 Å². The van der Waals surface area contributed by atoms with Crippen molar-refractivity contribution in [1.29, 1.82) is 5.26 Å². The van der Waals surface area contributed by atoms with Gasteiger partial charge in [-0.1, -0.05) is 0 Å². The van der Waals surface area contributed by atoms with Crippen LogP contribution in [-0.4, -0.2) is 58.3 Å². The zero-order valence-corrected chi connectivity index (χ0v) is 18.9. The van der Waals surface area contributed by atoms with Gasteiger partial charge in [0.15, 0.2) is 9.84 Å². The number of sulfone groups is 1. The van der Waals surface area contributed by atoms with Crippen LogP contribution in [0.5, 0.6) is 5.75 Å². The number of ether oxygens (including phenoxy) is 1. The molecule has 174 valence electrons. The summed E-state index contributed by atoms with van der Waals surface area (Å²) in [5.74, 6) is -1.10. The molecule has 33 heavy (non-hydrogen) atoms. The molecule has 2 aromatic carbocycles. The Hall–Kier alpha value is -3.19. The third-order valence-electron chi connectivity index (χ3n) is 5.85. The minimum absolute atomic E-state index is 0.0263. The second-order valence-electron chi connectivity index (χ2n) is 8.36. The topological polar surface area (TPSA) is 90.7 Å². The minimum Gasteiger partial charge on any atom is -0.492 e. The summed E-state index contributed by atoms with van der Waals surface area (Å²) in [6, 6.07) is 7.73. The smallest absolute Gasteiger partial charge is 0.257 e. The highest BCUT2D eigenvalue weighted by atomic mass is 32.2. The largest absolute Gasteiger partial charge is 0.492 e. The number of carbonyl (C=O) groups is 1. The van der Waals surface area contributed by atoms with E-state index in [9.17, 15) is 22.0 Å². The summed E-state index contributed by atoms with van der Waals surface area (Å²) in [6.45, 7) is 1.42. The third-order valence-corrected chi connectivity index (χ3v) is 6.96. The zero-order valence-electron chi connectivity index (χ0n) is 18.1. The highest BCUT2D eigenvalue weighted by molar-refractivity contribution is 7.90. The highest BCUT2D eigenvalue weighted by Crippen LogP contribution is 2.32. The second kappa shape index (κ2) is 8.98. The number of nitrogens with zero attached hydrogens (tertiary/aromatic N) is 3. The molecular weight excluding hydrogens is 452 g/mol. The lowest BCUT2D eigenvalue weighted by molar-refractivity contribution is 0.0741. The number of carbonyl (C=O) groups excluding carboxylic acids is 1. The van der Waals surface area contributed by atoms with Crippen molar-refractivity contribution in [3.8, 4) is 11.8 Å². The van der Waals surface area contributed by atoms with E-state index in [1.807, 2.05) is 0 Å². The molecule has 2 aromatic rings. The Kier molecular flexibility index (Phi) is 6.26. The molecule has 1 heterocycles. The van der Waals surface area contributed by atoms with E-state index < -0.39 is 21.5 Å². The average molecular weight is 476 g/mol. The average Bonchev–Trinajstić information content (AvgIpc) is 3.62. The van der Waals surface area contributed by atoms with Gasteiger partial charge in [0.25, 0.3) is 5.91 Å². The summed E-state index contributed by atoms with van der Waals surface area (Å²) in [7, 11) is -3.52. The Labute approximate surface area is 191 Å². The molecule has 1 saturated heterocycles. The second-order valence-corrected chi connectivity index (χ2v) is 10.4.